The van der Waals surface area contributed by atoms with Crippen molar-refractivity contribution in [2.24, 2.45) is 4.99 Å². The van der Waals surface area contributed by atoms with Gasteiger partial charge in [-0.1, -0.05) is 37.3 Å². The first kappa shape index (κ1) is 20.8. The number of fused-ring (bicyclic) bond motifs is 2. The fourth-order valence-electron chi connectivity index (χ4n) is 3.45. The zero-order chi connectivity index (χ0) is 21.8. The van der Waals surface area contributed by atoms with Crippen molar-refractivity contribution < 1.29 is 13.9 Å². The fraction of sp³-hybridized carbons (Fsp3) is 0.160. The first-order chi connectivity index (χ1) is 15.0. The van der Waals surface area contributed by atoms with Crippen LogP contribution in [0.25, 0.3) is 33.4 Å². The molecule has 2 N–H and O–H groups in total. The Balaban J connectivity index is 1.78. The molecule has 2 aromatic rings. The number of rotatable bonds is 5. The molecule has 1 aliphatic heterocycles. The number of benzene rings is 3. The van der Waals surface area contributed by atoms with Crippen LogP contribution in [0.2, 0.25) is 0 Å². The van der Waals surface area contributed by atoms with Crippen LogP contribution in [-0.4, -0.2) is 17.6 Å². The zero-order valence-electron chi connectivity index (χ0n) is 17.1. The number of carbonyl (C=O) groups excluding carboxylic acids is 1. The van der Waals surface area contributed by atoms with Gasteiger partial charge in [-0.05, 0) is 42.0 Å². The van der Waals surface area contributed by atoms with Gasteiger partial charge in [0.2, 0.25) is 0 Å². The van der Waals surface area contributed by atoms with Gasteiger partial charge in [-0.3, -0.25) is 4.79 Å². The Morgan fingerprint density at radius 1 is 1.10 bits per heavy atom. The van der Waals surface area contributed by atoms with Crippen LogP contribution in [0.5, 0.6) is 0 Å². The topological polar surface area (TPSA) is 77.8 Å². The molecule has 0 aromatic heterocycles. The zero-order valence-corrected chi connectivity index (χ0v) is 17.9. The Kier molecular flexibility index (Phi) is 6.09. The molecule has 0 amide bonds. The van der Waals surface area contributed by atoms with E-state index in [2.05, 4.69) is 17.1 Å². The van der Waals surface area contributed by atoms with Crippen molar-refractivity contribution in [2.75, 3.05) is 12.3 Å². The van der Waals surface area contributed by atoms with Crippen LogP contribution in [0.15, 0.2) is 76.1 Å². The van der Waals surface area contributed by atoms with Gasteiger partial charge in [0.25, 0.3) is 5.17 Å². The summed E-state index contributed by atoms with van der Waals surface area (Å²) in [4.78, 5) is 15.7. The minimum atomic E-state index is 0.0940. The molecule has 6 heteroatoms. The smallest absolute Gasteiger partial charge is 0.283 e. The summed E-state index contributed by atoms with van der Waals surface area (Å²) in [5.41, 5.74) is 10.4. The highest BCUT2D eigenvalue weighted by Crippen LogP contribution is 2.40. The molecule has 0 saturated heterocycles. The number of anilines is 1. The van der Waals surface area contributed by atoms with Crippen LogP contribution in [-0.2, 0) is 9.53 Å². The molecule has 156 valence electrons. The standard InChI is InChI=1S/C25H22N2O3S/c1-2-19(28)12-13-29-25(31)27-18-9-11-21-23(15-18)30-22-14-17(26)8-10-20(22)24(21)16-6-4-3-5-7-16/h3-11,14-15H,2,12-13,26H2,1H3/b27-18-. The summed E-state index contributed by atoms with van der Waals surface area (Å²) in [6.45, 7) is 2.06. The van der Waals surface area contributed by atoms with Gasteiger partial charge in [0.05, 0.1) is 12.0 Å². The molecule has 4 rings (SSSR count). The quantitative estimate of drug-likeness (QED) is 0.262. The van der Waals surface area contributed by atoms with Gasteiger partial charge < -0.3 is 14.9 Å². The summed E-state index contributed by atoms with van der Waals surface area (Å²) >= 11 is 5.20. The van der Waals surface area contributed by atoms with Gasteiger partial charge in [0.15, 0.2) is 0 Å². The molecule has 1 aliphatic carbocycles. The summed E-state index contributed by atoms with van der Waals surface area (Å²) in [5.74, 6) is 0.800. The van der Waals surface area contributed by atoms with Crippen molar-refractivity contribution in [3.05, 3.63) is 72.1 Å². The summed E-state index contributed by atoms with van der Waals surface area (Å²) in [6, 6.07) is 21.5. The van der Waals surface area contributed by atoms with Crippen LogP contribution in [0.4, 0.5) is 5.69 Å². The second-order valence-electron chi connectivity index (χ2n) is 7.15. The number of nitrogen functional groups attached to an aromatic ring is 1. The van der Waals surface area contributed by atoms with Crippen molar-refractivity contribution in [3.8, 4) is 22.5 Å². The minimum absolute atomic E-state index is 0.0940. The third-order valence-electron chi connectivity index (χ3n) is 5.01. The van der Waals surface area contributed by atoms with Crippen molar-refractivity contribution in [1.29, 1.82) is 0 Å². The SMILES string of the molecule is CCC(=O)CCOC(=S)/N=c1/ccc2c(-c3ccccc3)c3ccc(N)cc3oc-2c1. The summed E-state index contributed by atoms with van der Waals surface area (Å²) in [6.07, 6.45) is 0.814. The molecule has 0 atom stereocenters. The predicted molar refractivity (Wildman–Crippen MR) is 127 cm³/mol. The van der Waals surface area contributed by atoms with Gasteiger partial charge in [0.1, 0.15) is 17.1 Å². The molecule has 0 spiro atoms. The maximum atomic E-state index is 11.4. The molecule has 0 bridgehead atoms. The summed E-state index contributed by atoms with van der Waals surface area (Å²) in [5, 5.41) is 1.69. The lowest BCUT2D eigenvalue weighted by atomic mass is 9.93. The van der Waals surface area contributed by atoms with Crippen molar-refractivity contribution in [1.82, 2.24) is 0 Å². The highest BCUT2D eigenvalue weighted by Gasteiger charge is 2.17. The van der Waals surface area contributed by atoms with Crippen molar-refractivity contribution >= 4 is 39.8 Å². The van der Waals surface area contributed by atoms with Gasteiger partial charge >= 0.3 is 0 Å². The van der Waals surface area contributed by atoms with Crippen LogP contribution in [0, 0.1) is 0 Å². The Bertz CT molecular complexity index is 1300. The third kappa shape index (κ3) is 4.64. The number of ketones is 1. The van der Waals surface area contributed by atoms with E-state index in [4.69, 9.17) is 27.1 Å². The van der Waals surface area contributed by atoms with E-state index in [0.717, 1.165) is 22.1 Å². The number of thiocarbonyl (C=S) groups is 1. The Hall–Kier alpha value is -3.51. The number of carbonyl (C=O) groups is 1. The van der Waals surface area contributed by atoms with E-state index in [0.29, 0.717) is 35.2 Å². The Morgan fingerprint density at radius 3 is 2.68 bits per heavy atom. The molecule has 2 aromatic carbocycles. The van der Waals surface area contributed by atoms with Gasteiger partial charge in [-0.15, -0.1) is 0 Å². The van der Waals surface area contributed by atoms with E-state index in [1.807, 2.05) is 61.5 Å². The lowest BCUT2D eigenvalue weighted by molar-refractivity contribution is -0.119. The summed E-state index contributed by atoms with van der Waals surface area (Å²) in [7, 11) is 0. The molecule has 0 radical (unpaired) electrons. The van der Waals surface area contributed by atoms with E-state index in [9.17, 15) is 4.79 Å². The largest absolute Gasteiger partial charge is 0.469 e. The van der Waals surface area contributed by atoms with E-state index in [1.54, 1.807) is 0 Å². The van der Waals surface area contributed by atoms with Crippen LogP contribution < -0.4 is 11.1 Å². The molecule has 0 fully saturated rings. The first-order valence-electron chi connectivity index (χ1n) is 10.1. The number of nitrogens with two attached hydrogens (primary N) is 1. The van der Waals surface area contributed by atoms with Crippen molar-refractivity contribution in [3.63, 3.8) is 0 Å². The molecule has 5 nitrogen and oxygen atoms in total. The fourth-order valence-corrected chi connectivity index (χ4v) is 3.64. The van der Waals surface area contributed by atoms with Crippen LogP contribution in [0.1, 0.15) is 19.8 Å². The molecular weight excluding hydrogens is 408 g/mol. The normalized spacial score (nSPS) is 11.7. The Labute approximate surface area is 185 Å². The molecule has 31 heavy (non-hydrogen) atoms. The van der Waals surface area contributed by atoms with E-state index < -0.39 is 0 Å². The molecular formula is C25H22N2O3S. The molecule has 0 unspecified atom stereocenters. The third-order valence-corrected chi connectivity index (χ3v) is 5.22. The van der Waals surface area contributed by atoms with E-state index in [1.165, 1.54) is 0 Å². The molecule has 1 heterocycles. The second-order valence-corrected chi connectivity index (χ2v) is 7.50. The number of nitrogens with zero attached hydrogens (tertiary/aromatic N) is 1. The maximum Gasteiger partial charge on any atom is 0.283 e. The lowest BCUT2D eigenvalue weighted by Crippen LogP contribution is -2.10. The van der Waals surface area contributed by atoms with Crippen molar-refractivity contribution in [2.45, 2.75) is 19.8 Å². The molecule has 2 aliphatic rings. The summed E-state index contributed by atoms with van der Waals surface area (Å²) < 4.78 is 11.6. The first-order valence-corrected chi connectivity index (χ1v) is 10.5. The van der Waals surface area contributed by atoms with E-state index in [-0.39, 0.29) is 17.6 Å². The van der Waals surface area contributed by atoms with Gasteiger partial charge in [-0.2, -0.15) is 0 Å². The van der Waals surface area contributed by atoms with Gasteiger partial charge in [0, 0.05) is 47.2 Å². The van der Waals surface area contributed by atoms with E-state index >= 15 is 0 Å². The number of hydrogen-bond donors (Lipinski definition) is 1. The lowest BCUT2D eigenvalue weighted by Gasteiger charge is -2.15. The predicted octanol–water partition coefficient (Wildman–Crippen LogP) is 5.36. The minimum Gasteiger partial charge on any atom is -0.469 e. The van der Waals surface area contributed by atoms with Gasteiger partial charge in [-0.25, -0.2) is 4.99 Å². The number of ether oxygens (including phenoxy) is 1. The average Bonchev–Trinajstić information content (AvgIpc) is 2.77. The highest BCUT2D eigenvalue weighted by atomic mass is 32.1. The maximum absolute atomic E-state index is 11.4. The average molecular weight is 431 g/mol. The highest BCUT2D eigenvalue weighted by molar-refractivity contribution is 7.80. The molecule has 0 saturated carbocycles. The number of Topliss-reactive ketones (excluding diaryl/α,β-unsaturated/α-hetero) is 1. The monoisotopic (exact) mass is 430 g/mol. The van der Waals surface area contributed by atoms with Crippen LogP contribution >= 0.6 is 12.2 Å². The Morgan fingerprint density at radius 2 is 1.90 bits per heavy atom. The second kappa shape index (κ2) is 9.10. The van der Waals surface area contributed by atoms with Crippen LogP contribution in [0.3, 0.4) is 0 Å². The number of hydrogen-bond acceptors (Lipinski definition) is 5.